The van der Waals surface area contributed by atoms with Gasteiger partial charge in [-0.15, -0.1) is 0 Å². The van der Waals surface area contributed by atoms with E-state index in [0.717, 1.165) is 12.1 Å². The van der Waals surface area contributed by atoms with Crippen LogP contribution >= 0.6 is 0 Å². The molecule has 0 aromatic rings. The molecule has 1 saturated heterocycles. The first-order valence-electron chi connectivity index (χ1n) is 4.51. The fraction of sp³-hybridized carbons (Fsp3) is 1.00. The van der Waals surface area contributed by atoms with Gasteiger partial charge < -0.3 is 0 Å². The molecule has 1 nitrogen and oxygen atoms in total. The van der Waals surface area contributed by atoms with Crippen LogP contribution in [0.2, 0.25) is 0 Å². The van der Waals surface area contributed by atoms with Gasteiger partial charge in [-0.1, -0.05) is 6.92 Å². The molecule has 1 aliphatic rings. The van der Waals surface area contributed by atoms with Crippen LogP contribution in [0.25, 0.3) is 0 Å². The zero-order chi connectivity index (χ0) is 7.56. The molecule has 10 heavy (non-hydrogen) atoms. The van der Waals surface area contributed by atoms with Crippen molar-refractivity contribution in [2.45, 2.75) is 52.1 Å². The summed E-state index contributed by atoms with van der Waals surface area (Å²) in [7, 11) is 0. The molecule has 0 amide bonds. The van der Waals surface area contributed by atoms with Crippen molar-refractivity contribution >= 4 is 0 Å². The van der Waals surface area contributed by atoms with Crippen LogP contribution in [-0.2, 0) is 0 Å². The molecule has 1 heterocycles. The average Bonchev–Trinajstić information content (AvgIpc) is 2.33. The van der Waals surface area contributed by atoms with Crippen LogP contribution in [0, 0.1) is 0 Å². The van der Waals surface area contributed by atoms with Gasteiger partial charge in [0.05, 0.1) is 0 Å². The van der Waals surface area contributed by atoms with E-state index >= 15 is 0 Å². The molecule has 0 bridgehead atoms. The lowest BCUT2D eigenvalue weighted by Crippen LogP contribution is -2.34. The minimum atomic E-state index is 0.757. The highest BCUT2D eigenvalue weighted by Gasteiger charge is 2.24. The van der Waals surface area contributed by atoms with E-state index in [2.05, 4.69) is 25.7 Å². The predicted molar refractivity (Wildman–Crippen MR) is 45.2 cm³/mol. The molecule has 0 aromatic heterocycles. The maximum Gasteiger partial charge on any atom is 0.00958 e. The molecule has 1 aliphatic heterocycles. The van der Waals surface area contributed by atoms with Gasteiger partial charge in [-0.3, -0.25) is 4.90 Å². The number of hydrogen-bond donors (Lipinski definition) is 0. The molecule has 0 spiro atoms. The largest absolute Gasteiger partial charge is 0.298 e. The van der Waals surface area contributed by atoms with Crippen molar-refractivity contribution in [1.82, 2.24) is 4.90 Å². The Hall–Kier alpha value is -0.0400. The lowest BCUT2D eigenvalue weighted by molar-refractivity contribution is 0.199. The predicted octanol–water partition coefficient (Wildman–Crippen LogP) is 2.27. The van der Waals surface area contributed by atoms with Crippen LogP contribution in [0.4, 0.5) is 0 Å². The monoisotopic (exact) mass is 141 g/mol. The van der Waals surface area contributed by atoms with Gasteiger partial charge in [-0.05, 0) is 39.7 Å². The summed E-state index contributed by atoms with van der Waals surface area (Å²) in [4.78, 5) is 2.62. The molecule has 1 unspecified atom stereocenters. The van der Waals surface area contributed by atoms with E-state index in [1.54, 1.807) is 0 Å². The number of likely N-dealkylation sites (tertiary alicyclic amines) is 1. The van der Waals surface area contributed by atoms with E-state index in [1.165, 1.54) is 25.8 Å². The van der Waals surface area contributed by atoms with E-state index in [0.29, 0.717) is 0 Å². The Bertz CT molecular complexity index is 98.9. The van der Waals surface area contributed by atoms with Gasteiger partial charge in [0.2, 0.25) is 0 Å². The van der Waals surface area contributed by atoms with Crippen molar-refractivity contribution in [1.29, 1.82) is 0 Å². The maximum atomic E-state index is 2.62. The van der Waals surface area contributed by atoms with Crippen molar-refractivity contribution in [2.24, 2.45) is 0 Å². The summed E-state index contributed by atoms with van der Waals surface area (Å²) in [5, 5.41) is 0. The Morgan fingerprint density at radius 1 is 1.50 bits per heavy atom. The second-order valence-corrected chi connectivity index (χ2v) is 3.54. The summed E-state index contributed by atoms with van der Waals surface area (Å²) >= 11 is 0. The fourth-order valence-electron chi connectivity index (χ4n) is 1.98. The van der Waals surface area contributed by atoms with Gasteiger partial charge >= 0.3 is 0 Å². The lowest BCUT2D eigenvalue weighted by Gasteiger charge is -2.27. The third kappa shape index (κ3) is 1.51. The first kappa shape index (κ1) is 8.06. The van der Waals surface area contributed by atoms with Crippen LogP contribution in [0.15, 0.2) is 0 Å². The summed E-state index contributed by atoms with van der Waals surface area (Å²) in [6, 6.07) is 1.65. The number of rotatable bonds is 2. The summed E-state index contributed by atoms with van der Waals surface area (Å²) in [6.45, 7) is 8.23. The van der Waals surface area contributed by atoms with Crippen LogP contribution in [0.5, 0.6) is 0 Å². The highest BCUT2D eigenvalue weighted by molar-refractivity contribution is 4.79. The van der Waals surface area contributed by atoms with Gasteiger partial charge in [0.25, 0.3) is 0 Å². The molecule has 0 radical (unpaired) electrons. The quantitative estimate of drug-likeness (QED) is 0.570. The van der Waals surface area contributed by atoms with Gasteiger partial charge in [0.1, 0.15) is 0 Å². The van der Waals surface area contributed by atoms with Crippen molar-refractivity contribution in [2.75, 3.05) is 6.54 Å². The van der Waals surface area contributed by atoms with E-state index in [9.17, 15) is 0 Å². The lowest BCUT2D eigenvalue weighted by atomic mass is 10.1. The van der Waals surface area contributed by atoms with E-state index in [4.69, 9.17) is 0 Å². The van der Waals surface area contributed by atoms with Gasteiger partial charge in [0.15, 0.2) is 0 Å². The summed E-state index contributed by atoms with van der Waals surface area (Å²) in [5.41, 5.74) is 0. The molecule has 1 atom stereocenters. The molecule has 60 valence electrons. The molecule has 0 N–H and O–H groups in total. The van der Waals surface area contributed by atoms with Gasteiger partial charge in [-0.25, -0.2) is 0 Å². The number of nitrogens with zero attached hydrogens (tertiary/aromatic N) is 1. The van der Waals surface area contributed by atoms with Crippen molar-refractivity contribution in [3.8, 4) is 0 Å². The van der Waals surface area contributed by atoms with E-state index in [1.807, 2.05) is 0 Å². The highest BCUT2D eigenvalue weighted by Crippen LogP contribution is 2.21. The average molecular weight is 141 g/mol. The topological polar surface area (TPSA) is 3.24 Å². The fourth-order valence-corrected chi connectivity index (χ4v) is 1.98. The Morgan fingerprint density at radius 2 is 2.20 bits per heavy atom. The zero-order valence-electron chi connectivity index (χ0n) is 7.43. The van der Waals surface area contributed by atoms with Crippen molar-refractivity contribution < 1.29 is 0 Å². The third-order valence-corrected chi connectivity index (χ3v) is 2.56. The Balaban J connectivity index is 2.42. The van der Waals surface area contributed by atoms with Crippen LogP contribution in [0.1, 0.15) is 40.0 Å². The molecule has 0 aromatic carbocycles. The zero-order valence-corrected chi connectivity index (χ0v) is 7.43. The van der Waals surface area contributed by atoms with Crippen LogP contribution in [-0.4, -0.2) is 23.5 Å². The highest BCUT2D eigenvalue weighted by atomic mass is 15.2. The molecule has 1 rings (SSSR count). The molecule has 1 fully saturated rings. The minimum Gasteiger partial charge on any atom is -0.298 e. The summed E-state index contributed by atoms with van der Waals surface area (Å²) in [5.74, 6) is 0. The Kier molecular flexibility index (Phi) is 2.72. The molecule has 0 saturated carbocycles. The SMILES string of the molecule is CCC1CCCN1C(C)C. The summed E-state index contributed by atoms with van der Waals surface area (Å²) in [6.07, 6.45) is 4.17. The second-order valence-electron chi connectivity index (χ2n) is 3.54. The first-order valence-corrected chi connectivity index (χ1v) is 4.51. The normalized spacial score (nSPS) is 28.2. The molecule has 1 heteroatoms. The first-order chi connectivity index (χ1) is 4.75. The maximum absolute atomic E-state index is 2.62. The molecule has 0 aliphatic carbocycles. The third-order valence-electron chi connectivity index (χ3n) is 2.56. The van der Waals surface area contributed by atoms with E-state index < -0.39 is 0 Å². The van der Waals surface area contributed by atoms with Crippen LogP contribution < -0.4 is 0 Å². The van der Waals surface area contributed by atoms with Crippen molar-refractivity contribution in [3.63, 3.8) is 0 Å². The van der Waals surface area contributed by atoms with Gasteiger partial charge in [0, 0.05) is 12.1 Å². The Labute approximate surface area is 64.4 Å². The van der Waals surface area contributed by atoms with Gasteiger partial charge in [-0.2, -0.15) is 0 Å². The Morgan fingerprint density at radius 3 is 2.60 bits per heavy atom. The van der Waals surface area contributed by atoms with Crippen LogP contribution in [0.3, 0.4) is 0 Å². The van der Waals surface area contributed by atoms with E-state index in [-0.39, 0.29) is 0 Å². The summed E-state index contributed by atoms with van der Waals surface area (Å²) < 4.78 is 0. The second kappa shape index (κ2) is 3.38. The smallest absolute Gasteiger partial charge is 0.00958 e. The molecular weight excluding hydrogens is 122 g/mol. The standard InChI is InChI=1S/C9H19N/c1-4-9-6-5-7-10(9)8(2)3/h8-9H,4-7H2,1-3H3. The van der Waals surface area contributed by atoms with Crippen molar-refractivity contribution in [3.05, 3.63) is 0 Å². The minimum absolute atomic E-state index is 0.757. The number of hydrogen-bond acceptors (Lipinski definition) is 1. The molecular formula is C9H19N.